The minimum atomic E-state index is -0.319. The number of nitrogens with zero attached hydrogens (tertiary/aromatic N) is 2. The number of hydrogen-bond acceptors (Lipinski definition) is 4. The van der Waals surface area contributed by atoms with Gasteiger partial charge in [-0.3, -0.25) is 14.8 Å². The fraction of sp³-hybridized carbons (Fsp3) is 0.0357. The monoisotopic (exact) mass is 448 g/mol. The van der Waals surface area contributed by atoms with E-state index in [0.717, 1.165) is 29.0 Å². The van der Waals surface area contributed by atoms with Crippen LogP contribution in [0.15, 0.2) is 104 Å². The molecule has 2 N–H and O–H groups in total. The Balaban J connectivity index is 1.24. The van der Waals surface area contributed by atoms with Gasteiger partial charge in [0.1, 0.15) is 5.82 Å². The van der Waals surface area contributed by atoms with Crippen LogP contribution in [0.3, 0.4) is 0 Å². The Hall–Kier alpha value is -4.58. The second kappa shape index (κ2) is 9.50. The molecule has 0 saturated heterocycles. The van der Waals surface area contributed by atoms with Crippen molar-refractivity contribution in [3.05, 3.63) is 126 Å². The first-order valence-corrected chi connectivity index (χ1v) is 10.8. The smallest absolute Gasteiger partial charge is 0.255 e. The average Bonchev–Trinajstić information content (AvgIpc) is 2.87. The summed E-state index contributed by atoms with van der Waals surface area (Å²) in [6.07, 6.45) is 6.05. The molecule has 3 aromatic carbocycles. The summed E-state index contributed by atoms with van der Waals surface area (Å²) in [7, 11) is 0. The molecule has 5 aromatic rings. The molecule has 5 nitrogen and oxygen atoms in total. The molecule has 0 fully saturated rings. The molecule has 0 atom stereocenters. The Bertz CT molecular complexity index is 1440. The second-order valence-electron chi connectivity index (χ2n) is 7.91. The van der Waals surface area contributed by atoms with Gasteiger partial charge >= 0.3 is 0 Å². The summed E-state index contributed by atoms with van der Waals surface area (Å²) in [5.74, 6) is -0.508. The van der Waals surface area contributed by atoms with E-state index >= 15 is 0 Å². The number of carbonyl (C=O) groups excluding carboxylic acids is 1. The van der Waals surface area contributed by atoms with Gasteiger partial charge in [-0.05, 0) is 90.3 Å². The highest BCUT2D eigenvalue weighted by molar-refractivity contribution is 6.04. The van der Waals surface area contributed by atoms with E-state index in [9.17, 15) is 9.18 Å². The molecule has 0 aliphatic rings. The number of rotatable bonds is 6. The maximum absolute atomic E-state index is 13.7. The molecule has 0 unspecified atom stereocenters. The number of aromatic nitrogens is 2. The highest BCUT2D eigenvalue weighted by Crippen LogP contribution is 2.26. The van der Waals surface area contributed by atoms with Gasteiger partial charge in [0.15, 0.2) is 0 Å². The molecular formula is C28H21FN4O. The number of benzene rings is 3. The normalized spacial score (nSPS) is 10.7. The van der Waals surface area contributed by atoms with Crippen molar-refractivity contribution in [3.63, 3.8) is 0 Å². The summed E-state index contributed by atoms with van der Waals surface area (Å²) in [5.41, 5.74) is 5.85. The Kier molecular flexibility index (Phi) is 5.95. The summed E-state index contributed by atoms with van der Waals surface area (Å²) < 4.78 is 13.7. The summed E-state index contributed by atoms with van der Waals surface area (Å²) in [5, 5.41) is 6.89. The van der Waals surface area contributed by atoms with Crippen LogP contribution in [0.5, 0.6) is 0 Å². The van der Waals surface area contributed by atoms with Crippen molar-refractivity contribution >= 4 is 33.9 Å². The zero-order valence-corrected chi connectivity index (χ0v) is 18.2. The molecule has 0 bridgehead atoms. The van der Waals surface area contributed by atoms with Gasteiger partial charge in [-0.2, -0.15) is 0 Å². The van der Waals surface area contributed by atoms with Gasteiger partial charge in [0.2, 0.25) is 0 Å². The standard InChI is InChI=1S/C28H21FN4O/c29-22-5-10-26-25(18-22)27(13-16-31-26)32-23-8-3-21(4-9-23)28(34)33-24-6-1-19(2-7-24)17-20-11-14-30-15-12-20/h1-16,18H,17H2,(H,31,32)(H,33,34). The highest BCUT2D eigenvalue weighted by Gasteiger charge is 2.08. The first kappa shape index (κ1) is 21.3. The van der Waals surface area contributed by atoms with Gasteiger partial charge < -0.3 is 10.6 Å². The fourth-order valence-electron chi connectivity index (χ4n) is 3.73. The Morgan fingerprint density at radius 2 is 1.47 bits per heavy atom. The predicted octanol–water partition coefficient (Wildman–Crippen LogP) is 6.36. The van der Waals surface area contributed by atoms with E-state index in [-0.39, 0.29) is 11.7 Å². The molecule has 0 radical (unpaired) electrons. The first-order chi connectivity index (χ1) is 16.6. The van der Waals surface area contributed by atoms with Crippen LogP contribution in [0.1, 0.15) is 21.5 Å². The molecule has 5 rings (SSSR count). The highest BCUT2D eigenvalue weighted by atomic mass is 19.1. The summed E-state index contributed by atoms with van der Waals surface area (Å²) in [6.45, 7) is 0. The van der Waals surface area contributed by atoms with Crippen molar-refractivity contribution in [2.45, 2.75) is 6.42 Å². The van der Waals surface area contributed by atoms with Crippen molar-refractivity contribution in [1.29, 1.82) is 0 Å². The number of pyridine rings is 2. The Morgan fingerprint density at radius 1 is 0.765 bits per heavy atom. The van der Waals surface area contributed by atoms with E-state index < -0.39 is 0 Å². The lowest BCUT2D eigenvalue weighted by atomic mass is 10.1. The zero-order chi connectivity index (χ0) is 23.3. The third-order valence-electron chi connectivity index (χ3n) is 5.50. The van der Waals surface area contributed by atoms with E-state index in [4.69, 9.17) is 0 Å². The van der Waals surface area contributed by atoms with E-state index in [1.165, 1.54) is 17.7 Å². The van der Waals surface area contributed by atoms with Crippen LogP contribution in [-0.4, -0.2) is 15.9 Å². The van der Waals surface area contributed by atoms with E-state index in [2.05, 4.69) is 20.6 Å². The van der Waals surface area contributed by atoms with Gasteiger partial charge in [0.05, 0.1) is 5.52 Å². The summed E-state index contributed by atoms with van der Waals surface area (Å²) in [4.78, 5) is 21.0. The predicted molar refractivity (Wildman–Crippen MR) is 133 cm³/mol. The number of fused-ring (bicyclic) bond motifs is 1. The lowest BCUT2D eigenvalue weighted by Gasteiger charge is -2.11. The van der Waals surface area contributed by atoms with Crippen LogP contribution >= 0.6 is 0 Å². The maximum atomic E-state index is 13.7. The molecule has 0 spiro atoms. The first-order valence-electron chi connectivity index (χ1n) is 10.8. The molecule has 2 aromatic heterocycles. The van der Waals surface area contributed by atoms with Crippen LogP contribution in [0, 0.1) is 5.82 Å². The topological polar surface area (TPSA) is 66.9 Å². The van der Waals surface area contributed by atoms with Crippen molar-refractivity contribution < 1.29 is 9.18 Å². The molecular weight excluding hydrogens is 427 g/mol. The van der Waals surface area contributed by atoms with E-state index in [1.807, 2.05) is 48.5 Å². The average molecular weight is 449 g/mol. The fourth-order valence-corrected chi connectivity index (χ4v) is 3.73. The molecule has 166 valence electrons. The van der Waals surface area contributed by atoms with E-state index in [1.54, 1.807) is 42.9 Å². The van der Waals surface area contributed by atoms with Crippen molar-refractivity contribution in [3.8, 4) is 0 Å². The number of hydrogen-bond donors (Lipinski definition) is 2. The largest absolute Gasteiger partial charge is 0.355 e. The lowest BCUT2D eigenvalue weighted by molar-refractivity contribution is 0.102. The minimum Gasteiger partial charge on any atom is -0.355 e. The Labute approximate surface area is 196 Å². The van der Waals surface area contributed by atoms with Crippen LogP contribution in [-0.2, 0) is 6.42 Å². The quantitative estimate of drug-likeness (QED) is 0.317. The number of carbonyl (C=O) groups is 1. The third kappa shape index (κ3) is 4.91. The minimum absolute atomic E-state index is 0.190. The maximum Gasteiger partial charge on any atom is 0.255 e. The number of anilines is 3. The van der Waals surface area contributed by atoms with Gasteiger partial charge in [-0.1, -0.05) is 12.1 Å². The van der Waals surface area contributed by atoms with Crippen LogP contribution in [0.25, 0.3) is 10.9 Å². The zero-order valence-electron chi connectivity index (χ0n) is 18.2. The molecule has 0 aliphatic carbocycles. The van der Waals surface area contributed by atoms with E-state index in [0.29, 0.717) is 16.5 Å². The van der Waals surface area contributed by atoms with Gasteiger partial charge in [0.25, 0.3) is 5.91 Å². The van der Waals surface area contributed by atoms with Crippen molar-refractivity contribution in [2.24, 2.45) is 0 Å². The molecule has 34 heavy (non-hydrogen) atoms. The third-order valence-corrected chi connectivity index (χ3v) is 5.50. The van der Waals surface area contributed by atoms with Crippen LogP contribution in [0.4, 0.5) is 21.5 Å². The molecule has 0 saturated carbocycles. The summed E-state index contributed by atoms with van der Waals surface area (Å²) in [6, 6.07) is 25.2. The van der Waals surface area contributed by atoms with Gasteiger partial charge in [-0.25, -0.2) is 4.39 Å². The van der Waals surface area contributed by atoms with Crippen LogP contribution < -0.4 is 10.6 Å². The molecule has 6 heteroatoms. The van der Waals surface area contributed by atoms with Crippen LogP contribution in [0.2, 0.25) is 0 Å². The summed E-state index contributed by atoms with van der Waals surface area (Å²) >= 11 is 0. The number of nitrogens with one attached hydrogen (secondary N) is 2. The Morgan fingerprint density at radius 3 is 2.24 bits per heavy atom. The van der Waals surface area contributed by atoms with Gasteiger partial charge in [-0.15, -0.1) is 0 Å². The number of amides is 1. The molecule has 0 aliphatic heterocycles. The SMILES string of the molecule is O=C(Nc1ccc(Cc2ccncc2)cc1)c1ccc(Nc2ccnc3ccc(F)cc23)cc1. The molecule has 1 amide bonds. The lowest BCUT2D eigenvalue weighted by Crippen LogP contribution is -2.11. The van der Waals surface area contributed by atoms with Gasteiger partial charge in [0, 0.05) is 46.6 Å². The second-order valence-corrected chi connectivity index (χ2v) is 7.91. The van der Waals surface area contributed by atoms with Crippen molar-refractivity contribution in [2.75, 3.05) is 10.6 Å². The van der Waals surface area contributed by atoms with Crippen molar-refractivity contribution in [1.82, 2.24) is 9.97 Å². The number of halogens is 1. The molecule has 2 heterocycles.